The fourth-order valence-corrected chi connectivity index (χ4v) is 4.96. The highest BCUT2D eigenvalue weighted by molar-refractivity contribution is 6.32. The van der Waals surface area contributed by atoms with E-state index in [4.69, 9.17) is 21.1 Å². The number of hydrogen-bond acceptors (Lipinski definition) is 5. The second-order valence-electron chi connectivity index (χ2n) is 9.20. The number of hydrogen-bond donors (Lipinski definition) is 1. The maximum Gasteiger partial charge on any atom is 0.262 e. The minimum atomic E-state index is -0.233. The van der Waals surface area contributed by atoms with E-state index in [2.05, 4.69) is 27.6 Å². The Bertz CT molecular complexity index is 1380. The van der Waals surface area contributed by atoms with Crippen LogP contribution >= 0.6 is 11.6 Å². The Hall–Kier alpha value is -3.58. The lowest BCUT2D eigenvalue weighted by Gasteiger charge is -2.22. The first-order chi connectivity index (χ1) is 17.5. The lowest BCUT2D eigenvalue weighted by Crippen LogP contribution is -2.20. The Morgan fingerprint density at radius 2 is 1.75 bits per heavy atom. The number of nitrogens with zero attached hydrogens (tertiary/aromatic N) is 3. The number of methoxy groups -OCH3 is 1. The molecule has 1 amide bonds. The van der Waals surface area contributed by atoms with Gasteiger partial charge in [0.15, 0.2) is 6.61 Å². The highest BCUT2D eigenvalue weighted by atomic mass is 35.5. The third-order valence-electron chi connectivity index (χ3n) is 6.69. The molecule has 0 spiro atoms. The SMILES string of the molecule is COc1ccc(-n2nc3cc(C)c(NC(=O)COc4ccc(C5CCCCC5)cc4)cc3n2)cc1Cl. The van der Waals surface area contributed by atoms with Crippen molar-refractivity contribution in [3.05, 3.63) is 70.7 Å². The number of aromatic nitrogens is 3. The van der Waals surface area contributed by atoms with E-state index in [1.54, 1.807) is 19.2 Å². The van der Waals surface area contributed by atoms with Crippen molar-refractivity contribution in [1.29, 1.82) is 0 Å². The summed E-state index contributed by atoms with van der Waals surface area (Å²) >= 11 is 6.25. The third kappa shape index (κ3) is 5.31. The van der Waals surface area contributed by atoms with E-state index in [1.807, 2.05) is 37.3 Å². The summed E-state index contributed by atoms with van der Waals surface area (Å²) in [4.78, 5) is 14.1. The summed E-state index contributed by atoms with van der Waals surface area (Å²) in [5.74, 6) is 1.69. The van der Waals surface area contributed by atoms with Gasteiger partial charge in [0.2, 0.25) is 0 Å². The van der Waals surface area contributed by atoms with Crippen LogP contribution in [0.25, 0.3) is 16.7 Å². The number of aryl methyl sites for hydroxylation is 1. The number of nitrogens with one attached hydrogen (secondary N) is 1. The van der Waals surface area contributed by atoms with Crippen molar-refractivity contribution in [3.63, 3.8) is 0 Å². The second-order valence-corrected chi connectivity index (χ2v) is 9.61. The Morgan fingerprint density at radius 1 is 1.03 bits per heavy atom. The van der Waals surface area contributed by atoms with E-state index in [1.165, 1.54) is 42.5 Å². The van der Waals surface area contributed by atoms with Gasteiger partial charge in [-0.25, -0.2) is 0 Å². The van der Waals surface area contributed by atoms with Crippen LogP contribution in [0.4, 0.5) is 5.69 Å². The molecular formula is C28H29ClN4O3. The predicted molar refractivity (Wildman–Crippen MR) is 142 cm³/mol. The zero-order valence-electron chi connectivity index (χ0n) is 20.5. The van der Waals surface area contributed by atoms with Gasteiger partial charge in [0.25, 0.3) is 5.91 Å². The Labute approximate surface area is 215 Å². The van der Waals surface area contributed by atoms with Gasteiger partial charge in [0, 0.05) is 5.69 Å². The van der Waals surface area contributed by atoms with Gasteiger partial charge in [-0.15, -0.1) is 10.2 Å². The summed E-state index contributed by atoms with van der Waals surface area (Å²) < 4.78 is 10.9. The molecule has 36 heavy (non-hydrogen) atoms. The van der Waals surface area contributed by atoms with Crippen LogP contribution < -0.4 is 14.8 Å². The summed E-state index contributed by atoms with van der Waals surface area (Å²) in [5, 5.41) is 12.5. The van der Waals surface area contributed by atoms with Crippen LogP contribution in [0.5, 0.6) is 11.5 Å². The topological polar surface area (TPSA) is 78.3 Å². The van der Waals surface area contributed by atoms with Gasteiger partial charge >= 0.3 is 0 Å². The van der Waals surface area contributed by atoms with Crippen LogP contribution in [0.2, 0.25) is 5.02 Å². The molecule has 0 bridgehead atoms. The van der Waals surface area contributed by atoms with Gasteiger partial charge in [-0.3, -0.25) is 4.79 Å². The number of carbonyl (C=O) groups is 1. The van der Waals surface area contributed by atoms with Gasteiger partial charge in [0.1, 0.15) is 22.5 Å². The van der Waals surface area contributed by atoms with Gasteiger partial charge in [0.05, 0.1) is 17.8 Å². The summed E-state index contributed by atoms with van der Waals surface area (Å²) in [6, 6.07) is 17.2. The van der Waals surface area contributed by atoms with Crippen molar-refractivity contribution in [2.24, 2.45) is 0 Å². The zero-order chi connectivity index (χ0) is 25.1. The lowest BCUT2D eigenvalue weighted by molar-refractivity contribution is -0.118. The summed E-state index contributed by atoms with van der Waals surface area (Å²) in [5.41, 5.74) is 4.99. The summed E-state index contributed by atoms with van der Waals surface area (Å²) in [6.07, 6.45) is 6.47. The monoisotopic (exact) mass is 504 g/mol. The third-order valence-corrected chi connectivity index (χ3v) is 6.99. The first-order valence-corrected chi connectivity index (χ1v) is 12.6. The molecule has 1 saturated carbocycles. The van der Waals surface area contributed by atoms with E-state index < -0.39 is 0 Å². The summed E-state index contributed by atoms with van der Waals surface area (Å²) in [7, 11) is 1.57. The molecule has 1 aromatic heterocycles. The van der Waals surface area contributed by atoms with Crippen LogP contribution in [-0.2, 0) is 4.79 Å². The summed E-state index contributed by atoms with van der Waals surface area (Å²) in [6.45, 7) is 1.85. The van der Waals surface area contributed by atoms with E-state index in [0.29, 0.717) is 44.8 Å². The molecule has 0 atom stereocenters. The standard InChI is InChI=1S/C28H29ClN4O3/c1-18-14-25-26(32-33(31-25)21-10-13-27(35-2)23(29)15-21)16-24(18)30-28(34)17-36-22-11-8-20(9-12-22)19-6-4-3-5-7-19/h8-16,19H,3-7,17H2,1-2H3,(H,30,34). The maximum absolute atomic E-state index is 12.6. The molecule has 0 unspecified atom stereocenters. The van der Waals surface area contributed by atoms with Crippen molar-refractivity contribution in [2.45, 2.75) is 44.9 Å². The molecule has 8 heteroatoms. The number of fused-ring (bicyclic) bond motifs is 1. The molecule has 0 saturated heterocycles. The van der Waals surface area contributed by atoms with Crippen molar-refractivity contribution in [2.75, 3.05) is 19.0 Å². The Balaban J connectivity index is 1.23. The number of rotatable bonds is 7. The molecule has 1 fully saturated rings. The van der Waals surface area contributed by atoms with Crippen molar-refractivity contribution >= 4 is 34.2 Å². The quantitative estimate of drug-likeness (QED) is 0.312. The Morgan fingerprint density at radius 3 is 2.44 bits per heavy atom. The first kappa shape index (κ1) is 24.1. The molecule has 1 heterocycles. The van der Waals surface area contributed by atoms with E-state index in [-0.39, 0.29) is 12.5 Å². The van der Waals surface area contributed by atoms with Crippen molar-refractivity contribution < 1.29 is 14.3 Å². The minimum Gasteiger partial charge on any atom is -0.495 e. The minimum absolute atomic E-state index is 0.0721. The van der Waals surface area contributed by atoms with Gasteiger partial charge in [-0.05, 0) is 79.3 Å². The highest BCUT2D eigenvalue weighted by Gasteiger charge is 2.16. The average molecular weight is 505 g/mol. The molecule has 0 aliphatic heterocycles. The maximum atomic E-state index is 12.6. The number of ether oxygens (including phenoxy) is 2. The molecule has 1 N–H and O–H groups in total. The fraction of sp³-hybridized carbons (Fsp3) is 0.321. The highest BCUT2D eigenvalue weighted by Crippen LogP contribution is 2.33. The van der Waals surface area contributed by atoms with Crippen LogP contribution in [0.3, 0.4) is 0 Å². The number of halogens is 1. The van der Waals surface area contributed by atoms with Crippen LogP contribution in [0, 0.1) is 6.92 Å². The predicted octanol–water partition coefficient (Wildman–Crippen LogP) is 6.46. The normalized spacial score (nSPS) is 14.1. The average Bonchev–Trinajstić information content (AvgIpc) is 3.31. The van der Waals surface area contributed by atoms with Crippen molar-refractivity contribution in [1.82, 2.24) is 15.0 Å². The first-order valence-electron chi connectivity index (χ1n) is 12.2. The smallest absolute Gasteiger partial charge is 0.262 e. The molecule has 1 aliphatic carbocycles. The van der Waals surface area contributed by atoms with E-state index in [0.717, 1.165) is 5.56 Å². The van der Waals surface area contributed by atoms with Crippen LogP contribution in [0.1, 0.15) is 49.1 Å². The number of carbonyl (C=O) groups excluding carboxylic acids is 1. The zero-order valence-corrected chi connectivity index (χ0v) is 21.2. The molecular weight excluding hydrogens is 476 g/mol. The van der Waals surface area contributed by atoms with E-state index in [9.17, 15) is 4.79 Å². The number of anilines is 1. The van der Waals surface area contributed by atoms with Crippen LogP contribution in [-0.4, -0.2) is 34.6 Å². The van der Waals surface area contributed by atoms with Gasteiger partial charge in [-0.2, -0.15) is 4.80 Å². The van der Waals surface area contributed by atoms with Gasteiger partial charge < -0.3 is 14.8 Å². The van der Waals surface area contributed by atoms with Crippen LogP contribution in [0.15, 0.2) is 54.6 Å². The second kappa shape index (κ2) is 10.6. The molecule has 4 aromatic rings. The number of amides is 1. The molecule has 5 rings (SSSR count). The lowest BCUT2D eigenvalue weighted by atomic mass is 9.84. The molecule has 186 valence electrons. The van der Waals surface area contributed by atoms with Crippen molar-refractivity contribution in [3.8, 4) is 17.2 Å². The number of benzene rings is 3. The molecule has 1 aliphatic rings. The molecule has 7 nitrogen and oxygen atoms in total. The Kier molecular flexibility index (Phi) is 7.09. The largest absolute Gasteiger partial charge is 0.495 e. The van der Waals surface area contributed by atoms with E-state index >= 15 is 0 Å². The fourth-order valence-electron chi connectivity index (χ4n) is 4.71. The molecule has 0 radical (unpaired) electrons. The molecule has 3 aromatic carbocycles. The van der Waals surface area contributed by atoms with Gasteiger partial charge in [-0.1, -0.05) is 43.0 Å².